The molecule has 0 bridgehead atoms. The van der Waals surface area contributed by atoms with Crippen LogP contribution in [0.5, 0.6) is 5.75 Å². The smallest absolute Gasteiger partial charge is 0.127 e. The molecular formula is C25H18N2O. The summed E-state index contributed by atoms with van der Waals surface area (Å²) in [6, 6.07) is 27.0. The van der Waals surface area contributed by atoms with E-state index >= 15 is 0 Å². The zero-order valence-electron chi connectivity index (χ0n) is 15.2. The Bertz CT molecular complexity index is 1380. The molecule has 3 nitrogen and oxygen atoms in total. The van der Waals surface area contributed by atoms with Gasteiger partial charge in [0.05, 0.1) is 5.52 Å². The van der Waals surface area contributed by atoms with Crippen LogP contribution < -0.4 is 10.5 Å². The molecule has 5 aromatic rings. The Hall–Kier alpha value is -3.72. The monoisotopic (exact) mass is 362 g/mol. The van der Waals surface area contributed by atoms with Crippen LogP contribution in [-0.2, 0) is 6.61 Å². The van der Waals surface area contributed by atoms with Crippen molar-refractivity contribution >= 4 is 27.5 Å². The average molecular weight is 362 g/mol. The number of para-hydroxylation sites is 3. The van der Waals surface area contributed by atoms with Gasteiger partial charge in [-0.25, -0.2) is 0 Å². The van der Waals surface area contributed by atoms with E-state index in [1.807, 2.05) is 30.3 Å². The third-order valence-electron chi connectivity index (χ3n) is 5.66. The molecule has 2 heterocycles. The van der Waals surface area contributed by atoms with Gasteiger partial charge in [0.15, 0.2) is 0 Å². The van der Waals surface area contributed by atoms with Gasteiger partial charge < -0.3 is 15.5 Å². The fraction of sp³-hybridized carbons (Fsp3) is 0.0400. The number of fused-ring (bicyclic) bond motifs is 7. The van der Waals surface area contributed by atoms with E-state index in [9.17, 15) is 0 Å². The van der Waals surface area contributed by atoms with E-state index in [0.717, 1.165) is 39.2 Å². The maximum Gasteiger partial charge on any atom is 0.127 e. The second-order valence-corrected chi connectivity index (χ2v) is 7.25. The topological polar surface area (TPSA) is 51.0 Å². The number of aromatic amines is 1. The van der Waals surface area contributed by atoms with E-state index in [0.29, 0.717) is 6.61 Å². The predicted octanol–water partition coefficient (Wildman–Crippen LogP) is 6.13. The second kappa shape index (κ2) is 5.64. The third-order valence-corrected chi connectivity index (χ3v) is 5.66. The Morgan fingerprint density at radius 3 is 2.43 bits per heavy atom. The molecule has 1 aliphatic heterocycles. The number of hydrogen-bond acceptors (Lipinski definition) is 2. The maximum atomic E-state index is 6.35. The van der Waals surface area contributed by atoms with Crippen LogP contribution in [-0.4, -0.2) is 4.98 Å². The summed E-state index contributed by atoms with van der Waals surface area (Å²) in [5, 5.41) is 2.46. The molecule has 28 heavy (non-hydrogen) atoms. The van der Waals surface area contributed by atoms with Crippen LogP contribution in [0.1, 0.15) is 5.56 Å². The molecule has 1 aromatic heterocycles. The van der Waals surface area contributed by atoms with E-state index in [-0.39, 0.29) is 0 Å². The highest BCUT2D eigenvalue weighted by atomic mass is 16.5. The summed E-state index contributed by atoms with van der Waals surface area (Å²) in [5.74, 6) is 0.938. The van der Waals surface area contributed by atoms with Crippen LogP contribution in [0, 0.1) is 0 Å². The van der Waals surface area contributed by atoms with Gasteiger partial charge in [0.2, 0.25) is 0 Å². The molecule has 0 amide bonds. The first-order valence-corrected chi connectivity index (χ1v) is 9.44. The molecule has 0 saturated heterocycles. The summed E-state index contributed by atoms with van der Waals surface area (Å²) < 4.78 is 6.07. The van der Waals surface area contributed by atoms with Crippen molar-refractivity contribution in [2.45, 2.75) is 6.61 Å². The molecule has 0 aliphatic carbocycles. The summed E-state index contributed by atoms with van der Waals surface area (Å²) in [5.41, 5.74) is 15.1. The van der Waals surface area contributed by atoms with Crippen molar-refractivity contribution in [3.05, 3.63) is 84.4 Å². The first kappa shape index (κ1) is 15.3. The summed E-state index contributed by atoms with van der Waals surface area (Å²) in [6.45, 7) is 0.557. The Morgan fingerprint density at radius 1 is 0.786 bits per heavy atom. The number of nitrogens with two attached hydrogens (primary N) is 1. The number of aromatic nitrogens is 1. The molecule has 6 rings (SSSR count). The lowest BCUT2D eigenvalue weighted by molar-refractivity contribution is 0.302. The van der Waals surface area contributed by atoms with Gasteiger partial charge in [-0.2, -0.15) is 0 Å². The lowest BCUT2D eigenvalue weighted by Gasteiger charge is -2.23. The molecule has 0 radical (unpaired) electrons. The molecule has 0 fully saturated rings. The van der Waals surface area contributed by atoms with Crippen LogP contribution in [0.2, 0.25) is 0 Å². The van der Waals surface area contributed by atoms with Crippen molar-refractivity contribution in [3.8, 4) is 28.0 Å². The molecule has 0 saturated carbocycles. The first-order valence-electron chi connectivity index (χ1n) is 9.44. The van der Waals surface area contributed by atoms with Crippen molar-refractivity contribution in [2.75, 3.05) is 5.73 Å². The zero-order valence-corrected chi connectivity index (χ0v) is 15.2. The van der Waals surface area contributed by atoms with E-state index in [4.69, 9.17) is 10.5 Å². The van der Waals surface area contributed by atoms with Crippen LogP contribution >= 0.6 is 0 Å². The van der Waals surface area contributed by atoms with Gasteiger partial charge in [-0.15, -0.1) is 0 Å². The highest BCUT2D eigenvalue weighted by Crippen LogP contribution is 2.47. The van der Waals surface area contributed by atoms with Crippen molar-refractivity contribution in [2.24, 2.45) is 0 Å². The fourth-order valence-electron chi connectivity index (χ4n) is 4.41. The van der Waals surface area contributed by atoms with Crippen molar-refractivity contribution in [3.63, 3.8) is 0 Å². The summed E-state index contributed by atoms with van der Waals surface area (Å²) in [6.07, 6.45) is 0. The van der Waals surface area contributed by atoms with Gasteiger partial charge in [-0.05, 0) is 29.8 Å². The number of benzene rings is 4. The van der Waals surface area contributed by atoms with Gasteiger partial charge in [0.1, 0.15) is 12.4 Å². The minimum Gasteiger partial charge on any atom is -0.488 e. The highest BCUT2D eigenvalue weighted by molar-refractivity contribution is 6.19. The van der Waals surface area contributed by atoms with E-state index < -0.39 is 0 Å². The third kappa shape index (κ3) is 2.04. The summed E-state index contributed by atoms with van der Waals surface area (Å²) in [4.78, 5) is 3.66. The molecular weight excluding hydrogens is 344 g/mol. The van der Waals surface area contributed by atoms with Gasteiger partial charge in [0, 0.05) is 44.2 Å². The maximum absolute atomic E-state index is 6.35. The Balaban J connectivity index is 1.82. The van der Waals surface area contributed by atoms with Crippen LogP contribution in [0.4, 0.5) is 5.69 Å². The van der Waals surface area contributed by atoms with Crippen LogP contribution in [0.25, 0.3) is 44.1 Å². The predicted molar refractivity (Wildman–Crippen MR) is 115 cm³/mol. The molecule has 0 unspecified atom stereocenters. The lowest BCUT2D eigenvalue weighted by atomic mass is 9.88. The van der Waals surface area contributed by atoms with Crippen molar-refractivity contribution in [1.82, 2.24) is 4.98 Å². The number of nitrogen functional groups attached to an aromatic ring is 1. The van der Waals surface area contributed by atoms with E-state index in [1.165, 1.54) is 21.9 Å². The quantitative estimate of drug-likeness (QED) is 0.352. The number of nitrogens with one attached hydrogen (secondary N) is 1. The minimum absolute atomic E-state index is 0.557. The summed E-state index contributed by atoms with van der Waals surface area (Å²) in [7, 11) is 0. The first-order chi connectivity index (χ1) is 13.8. The van der Waals surface area contributed by atoms with Gasteiger partial charge in [0.25, 0.3) is 0 Å². The average Bonchev–Trinajstić information content (AvgIpc) is 3.13. The molecule has 4 aromatic carbocycles. The number of rotatable bonds is 1. The summed E-state index contributed by atoms with van der Waals surface area (Å²) >= 11 is 0. The second-order valence-electron chi connectivity index (χ2n) is 7.25. The standard InChI is InChI=1S/C25H18N2O/c26-20-10-4-1-7-16(20)19-13-15-14-28-22-12-6-3-9-18(22)23(15)24-17-8-2-5-11-21(17)27-25(19)24/h1-13,27H,14,26H2. The zero-order chi connectivity index (χ0) is 18.7. The van der Waals surface area contributed by atoms with Crippen LogP contribution in [0.15, 0.2) is 78.9 Å². The van der Waals surface area contributed by atoms with Crippen LogP contribution in [0.3, 0.4) is 0 Å². The Labute approximate surface area is 162 Å². The van der Waals surface area contributed by atoms with E-state index in [1.54, 1.807) is 0 Å². The minimum atomic E-state index is 0.557. The number of H-pyrrole nitrogens is 1. The van der Waals surface area contributed by atoms with Gasteiger partial charge in [-0.1, -0.05) is 54.6 Å². The molecule has 1 aliphatic rings. The number of hydrogen-bond donors (Lipinski definition) is 2. The number of ether oxygens (including phenoxy) is 1. The molecule has 0 atom stereocenters. The normalized spacial score (nSPS) is 12.6. The molecule has 134 valence electrons. The SMILES string of the molecule is Nc1ccccc1-c1cc2c(c3c1[nH]c1ccccc13)-c1ccccc1OC2. The lowest BCUT2D eigenvalue weighted by Crippen LogP contribution is -2.06. The van der Waals surface area contributed by atoms with Crippen molar-refractivity contribution < 1.29 is 4.74 Å². The van der Waals surface area contributed by atoms with Gasteiger partial charge in [-0.3, -0.25) is 0 Å². The van der Waals surface area contributed by atoms with Crippen molar-refractivity contribution in [1.29, 1.82) is 0 Å². The van der Waals surface area contributed by atoms with E-state index in [2.05, 4.69) is 53.5 Å². The van der Waals surface area contributed by atoms with Gasteiger partial charge >= 0.3 is 0 Å². The highest BCUT2D eigenvalue weighted by Gasteiger charge is 2.24. The number of anilines is 1. The fourth-order valence-corrected chi connectivity index (χ4v) is 4.41. The molecule has 0 spiro atoms. The molecule has 3 heteroatoms. The Morgan fingerprint density at radius 2 is 1.54 bits per heavy atom. The Kier molecular flexibility index (Phi) is 3.09. The largest absolute Gasteiger partial charge is 0.488 e. The molecule has 3 N–H and O–H groups in total.